The van der Waals surface area contributed by atoms with Crippen molar-refractivity contribution in [1.82, 2.24) is 14.5 Å². The van der Waals surface area contributed by atoms with Crippen molar-refractivity contribution in [3.8, 4) is 0 Å². The number of carbonyl (C=O) groups is 3. The Morgan fingerprint density at radius 2 is 1.82 bits per heavy atom. The van der Waals surface area contributed by atoms with Crippen LogP contribution in [0.2, 0.25) is 0 Å². The van der Waals surface area contributed by atoms with Crippen LogP contribution in [-0.4, -0.2) is 39.2 Å². The topological polar surface area (TPSA) is 101 Å². The molecule has 2 heterocycles. The van der Waals surface area contributed by atoms with E-state index in [1.54, 1.807) is 0 Å². The van der Waals surface area contributed by atoms with Crippen LogP contribution in [0.15, 0.2) is 47.5 Å². The lowest BCUT2D eigenvalue weighted by Gasteiger charge is -2.09. The smallest absolute Gasteiger partial charge is 0.261 e. The maximum Gasteiger partial charge on any atom is 0.261 e. The summed E-state index contributed by atoms with van der Waals surface area (Å²) in [6, 6.07) is 8.02. The number of hydrogen-bond donors (Lipinski definition) is 1. The summed E-state index contributed by atoms with van der Waals surface area (Å²) in [5, 5.41) is 2.64. The summed E-state index contributed by atoms with van der Waals surface area (Å²) in [5.41, 5.74) is 0.561. The van der Waals surface area contributed by atoms with Crippen molar-refractivity contribution >= 4 is 34.3 Å². The molecule has 28 heavy (non-hydrogen) atoms. The largest absolute Gasteiger partial charge is 0.325 e. The normalized spacial score (nSPS) is 13.1. The van der Waals surface area contributed by atoms with Gasteiger partial charge in [-0.3, -0.25) is 28.6 Å². The molecule has 1 aliphatic heterocycles. The highest BCUT2D eigenvalue weighted by molar-refractivity contribution is 6.21. The third-order valence-electron chi connectivity index (χ3n) is 4.47. The van der Waals surface area contributed by atoms with E-state index in [1.807, 2.05) is 0 Å². The molecule has 0 radical (unpaired) electrons. The zero-order chi connectivity index (χ0) is 20.0. The Labute approximate surface area is 157 Å². The van der Waals surface area contributed by atoms with Crippen molar-refractivity contribution in [2.45, 2.75) is 6.54 Å². The van der Waals surface area contributed by atoms with Crippen LogP contribution in [0.5, 0.6) is 0 Å². The average Bonchev–Trinajstić information content (AvgIpc) is 2.88. The second-order valence-electron chi connectivity index (χ2n) is 6.32. The first kappa shape index (κ1) is 17.5. The van der Waals surface area contributed by atoms with Gasteiger partial charge in [0.2, 0.25) is 5.91 Å². The van der Waals surface area contributed by atoms with Gasteiger partial charge >= 0.3 is 0 Å². The molecule has 9 heteroatoms. The van der Waals surface area contributed by atoms with Gasteiger partial charge in [0.15, 0.2) is 0 Å². The molecule has 0 aliphatic carbocycles. The number of carbonyl (C=O) groups excluding carboxylic acids is 3. The van der Waals surface area contributed by atoms with Gasteiger partial charge in [0.05, 0.1) is 28.4 Å². The van der Waals surface area contributed by atoms with Crippen LogP contribution < -0.4 is 10.9 Å². The second-order valence-corrected chi connectivity index (χ2v) is 6.32. The Morgan fingerprint density at radius 3 is 2.61 bits per heavy atom. The predicted octanol–water partition coefficient (Wildman–Crippen LogP) is 1.40. The highest BCUT2D eigenvalue weighted by atomic mass is 19.1. The Morgan fingerprint density at radius 1 is 1.07 bits per heavy atom. The first-order chi connectivity index (χ1) is 13.3. The number of imide groups is 1. The Kier molecular flexibility index (Phi) is 3.99. The van der Waals surface area contributed by atoms with Gasteiger partial charge in [-0.15, -0.1) is 0 Å². The molecule has 3 aromatic rings. The van der Waals surface area contributed by atoms with Gasteiger partial charge in [-0.05, 0) is 36.4 Å². The molecule has 2 aromatic carbocycles. The standard InChI is InChI=1S/C19H13FN4O4/c1-23-17(26)12-4-3-11(7-13(12)18(23)27)22-16(25)8-24-9-21-15-5-2-10(20)6-14(15)19(24)28/h2-7,9H,8H2,1H3,(H,22,25). The summed E-state index contributed by atoms with van der Waals surface area (Å²) in [4.78, 5) is 53.7. The van der Waals surface area contributed by atoms with Crippen LogP contribution in [0.3, 0.4) is 0 Å². The Hall–Kier alpha value is -3.88. The number of fused-ring (bicyclic) bond motifs is 2. The van der Waals surface area contributed by atoms with Gasteiger partial charge in [-0.25, -0.2) is 9.37 Å². The molecule has 4 rings (SSSR count). The number of nitrogens with one attached hydrogen (secondary N) is 1. The maximum absolute atomic E-state index is 13.4. The maximum atomic E-state index is 13.4. The number of hydrogen-bond acceptors (Lipinski definition) is 5. The van der Waals surface area contributed by atoms with E-state index in [-0.39, 0.29) is 23.1 Å². The van der Waals surface area contributed by atoms with E-state index in [0.717, 1.165) is 15.5 Å². The van der Waals surface area contributed by atoms with Crippen molar-refractivity contribution in [1.29, 1.82) is 0 Å². The molecule has 0 spiro atoms. The molecule has 0 unspecified atom stereocenters. The molecule has 8 nitrogen and oxygen atoms in total. The number of benzene rings is 2. The van der Waals surface area contributed by atoms with E-state index < -0.39 is 29.1 Å². The molecular weight excluding hydrogens is 367 g/mol. The zero-order valence-electron chi connectivity index (χ0n) is 14.6. The quantitative estimate of drug-likeness (QED) is 0.692. The van der Waals surface area contributed by atoms with Crippen LogP contribution in [0.1, 0.15) is 20.7 Å². The number of amides is 3. The van der Waals surface area contributed by atoms with Gasteiger partial charge in [-0.1, -0.05) is 0 Å². The SMILES string of the molecule is CN1C(=O)c2ccc(NC(=O)Cn3cnc4ccc(F)cc4c3=O)cc2C1=O. The third kappa shape index (κ3) is 2.82. The van der Waals surface area contributed by atoms with Crippen molar-refractivity contribution in [3.05, 3.63) is 70.0 Å². The minimum absolute atomic E-state index is 0.0694. The van der Waals surface area contributed by atoms with E-state index in [4.69, 9.17) is 0 Å². The van der Waals surface area contributed by atoms with Crippen molar-refractivity contribution in [3.63, 3.8) is 0 Å². The molecular formula is C19H13FN4O4. The highest BCUT2D eigenvalue weighted by Crippen LogP contribution is 2.24. The van der Waals surface area contributed by atoms with E-state index in [9.17, 15) is 23.6 Å². The molecule has 0 atom stereocenters. The first-order valence-electron chi connectivity index (χ1n) is 8.26. The zero-order valence-corrected chi connectivity index (χ0v) is 14.6. The number of halogens is 1. The first-order valence-corrected chi connectivity index (χ1v) is 8.26. The number of aromatic nitrogens is 2. The molecule has 1 aromatic heterocycles. The molecule has 3 amide bonds. The van der Waals surface area contributed by atoms with Gasteiger partial charge in [-0.2, -0.15) is 0 Å². The lowest BCUT2D eigenvalue weighted by Crippen LogP contribution is -2.28. The van der Waals surface area contributed by atoms with Crippen molar-refractivity contribution < 1.29 is 18.8 Å². The van der Waals surface area contributed by atoms with E-state index in [1.165, 1.54) is 43.7 Å². The fourth-order valence-corrected chi connectivity index (χ4v) is 3.04. The number of nitrogens with zero attached hydrogens (tertiary/aromatic N) is 3. The minimum atomic E-state index is -0.573. The third-order valence-corrected chi connectivity index (χ3v) is 4.47. The van der Waals surface area contributed by atoms with E-state index in [0.29, 0.717) is 11.2 Å². The number of rotatable bonds is 3. The molecule has 0 fully saturated rings. The van der Waals surface area contributed by atoms with Gasteiger partial charge in [0.1, 0.15) is 12.4 Å². The van der Waals surface area contributed by atoms with Crippen LogP contribution in [0.4, 0.5) is 10.1 Å². The summed E-state index contributed by atoms with van der Waals surface area (Å²) >= 11 is 0. The molecule has 0 saturated heterocycles. The summed E-state index contributed by atoms with van der Waals surface area (Å²) in [5.74, 6) is -1.97. The molecule has 1 aliphatic rings. The lowest BCUT2D eigenvalue weighted by molar-refractivity contribution is -0.116. The van der Waals surface area contributed by atoms with Crippen molar-refractivity contribution in [2.75, 3.05) is 12.4 Å². The molecule has 1 N–H and O–H groups in total. The van der Waals surface area contributed by atoms with E-state index >= 15 is 0 Å². The molecule has 140 valence electrons. The Bertz CT molecular complexity index is 1230. The lowest BCUT2D eigenvalue weighted by atomic mass is 10.1. The van der Waals surface area contributed by atoms with Crippen molar-refractivity contribution in [2.24, 2.45) is 0 Å². The fraction of sp³-hybridized carbons (Fsp3) is 0.105. The van der Waals surface area contributed by atoms with Gasteiger partial charge in [0.25, 0.3) is 17.4 Å². The molecule has 0 saturated carbocycles. The predicted molar refractivity (Wildman–Crippen MR) is 97.5 cm³/mol. The van der Waals surface area contributed by atoms with Crippen LogP contribution >= 0.6 is 0 Å². The Balaban J connectivity index is 1.57. The van der Waals surface area contributed by atoms with Crippen LogP contribution in [0, 0.1) is 5.82 Å². The van der Waals surface area contributed by atoms with Crippen LogP contribution in [0.25, 0.3) is 10.9 Å². The molecule has 0 bridgehead atoms. The monoisotopic (exact) mass is 380 g/mol. The summed E-state index contributed by atoms with van der Waals surface area (Å²) in [7, 11) is 1.38. The number of anilines is 1. The second kappa shape index (κ2) is 6.38. The van der Waals surface area contributed by atoms with E-state index in [2.05, 4.69) is 10.3 Å². The van der Waals surface area contributed by atoms with Gasteiger partial charge < -0.3 is 5.32 Å². The van der Waals surface area contributed by atoms with Crippen LogP contribution in [-0.2, 0) is 11.3 Å². The summed E-state index contributed by atoms with van der Waals surface area (Å²) in [6.07, 6.45) is 1.21. The summed E-state index contributed by atoms with van der Waals surface area (Å²) < 4.78 is 14.4. The fourth-order valence-electron chi connectivity index (χ4n) is 3.04. The summed E-state index contributed by atoms with van der Waals surface area (Å²) in [6.45, 7) is -0.345. The average molecular weight is 380 g/mol. The highest BCUT2D eigenvalue weighted by Gasteiger charge is 2.32. The minimum Gasteiger partial charge on any atom is -0.325 e. The van der Waals surface area contributed by atoms with Gasteiger partial charge in [0, 0.05) is 12.7 Å².